The van der Waals surface area contributed by atoms with Crippen molar-refractivity contribution in [3.63, 3.8) is 0 Å². The highest BCUT2D eigenvalue weighted by Crippen LogP contribution is 2.24. The number of benzene rings is 1. The number of rotatable bonds is 3. The Morgan fingerprint density at radius 2 is 2.00 bits per heavy atom. The minimum atomic E-state index is -2.52. The quantitative estimate of drug-likeness (QED) is 0.869. The molecule has 0 aliphatic carbocycles. The fraction of sp³-hybridized carbons (Fsp3) is 0.412. The largest absolute Gasteiger partial charge is 0.329 e. The number of hydrogen-bond acceptors (Lipinski definition) is 2. The van der Waals surface area contributed by atoms with Crippen molar-refractivity contribution in [2.75, 3.05) is 6.54 Å². The van der Waals surface area contributed by atoms with Crippen molar-refractivity contribution in [1.29, 1.82) is 0 Å². The molecule has 1 atom stereocenters. The van der Waals surface area contributed by atoms with E-state index in [9.17, 15) is 13.6 Å². The first-order valence-corrected chi connectivity index (χ1v) is 7.79. The first kappa shape index (κ1) is 15.6. The second-order valence-electron chi connectivity index (χ2n) is 5.81. The van der Waals surface area contributed by atoms with E-state index in [4.69, 9.17) is 0 Å². The Hall–Kier alpha value is -2.24. The van der Waals surface area contributed by atoms with Crippen molar-refractivity contribution < 1.29 is 13.6 Å². The van der Waals surface area contributed by atoms with E-state index in [-0.39, 0.29) is 5.69 Å². The van der Waals surface area contributed by atoms with Crippen molar-refractivity contribution in [1.82, 2.24) is 14.7 Å². The Balaban J connectivity index is 1.88. The molecular formula is C17H19F2N3O. The predicted molar refractivity (Wildman–Crippen MR) is 83.0 cm³/mol. The average Bonchev–Trinajstić information content (AvgIpc) is 2.97. The summed E-state index contributed by atoms with van der Waals surface area (Å²) in [4.78, 5) is 13.9. The molecule has 23 heavy (non-hydrogen) atoms. The van der Waals surface area contributed by atoms with Gasteiger partial charge in [-0.1, -0.05) is 18.2 Å². The minimum Gasteiger partial charge on any atom is -0.329 e. The van der Waals surface area contributed by atoms with Crippen LogP contribution in [0, 0.1) is 6.92 Å². The molecule has 1 aromatic carbocycles. The highest BCUT2D eigenvalue weighted by molar-refractivity contribution is 5.92. The van der Waals surface area contributed by atoms with E-state index in [0.29, 0.717) is 13.0 Å². The molecule has 122 valence electrons. The van der Waals surface area contributed by atoms with E-state index in [2.05, 4.69) is 5.10 Å². The predicted octanol–water partition coefficient (Wildman–Crippen LogP) is 3.44. The lowest BCUT2D eigenvalue weighted by Gasteiger charge is -2.34. The number of carbonyl (C=O) groups excluding carboxylic acids is 1. The summed E-state index contributed by atoms with van der Waals surface area (Å²) in [5, 5.41) is 4.33. The summed E-state index contributed by atoms with van der Waals surface area (Å²) >= 11 is 0. The van der Waals surface area contributed by atoms with Gasteiger partial charge in [-0.2, -0.15) is 5.10 Å². The zero-order valence-corrected chi connectivity index (χ0v) is 13.0. The fourth-order valence-electron chi connectivity index (χ4n) is 3.03. The molecule has 1 aliphatic rings. The molecule has 1 fully saturated rings. The van der Waals surface area contributed by atoms with Crippen LogP contribution >= 0.6 is 0 Å². The monoisotopic (exact) mass is 319 g/mol. The molecule has 0 N–H and O–H groups in total. The smallest absolute Gasteiger partial charge is 0.274 e. The van der Waals surface area contributed by atoms with E-state index < -0.39 is 18.4 Å². The van der Waals surface area contributed by atoms with Crippen LogP contribution in [0.25, 0.3) is 5.69 Å². The number of carbonyl (C=O) groups is 1. The summed E-state index contributed by atoms with van der Waals surface area (Å²) in [6.45, 7) is 2.21. The Labute approximate surface area is 133 Å². The lowest BCUT2D eigenvalue weighted by atomic mass is 10.0. The van der Waals surface area contributed by atoms with Gasteiger partial charge in [-0.25, -0.2) is 13.5 Å². The molecule has 1 saturated heterocycles. The van der Waals surface area contributed by atoms with E-state index in [1.807, 2.05) is 37.3 Å². The zero-order chi connectivity index (χ0) is 16.4. The summed E-state index contributed by atoms with van der Waals surface area (Å²) in [7, 11) is 0. The first-order chi connectivity index (χ1) is 11.1. The van der Waals surface area contributed by atoms with Crippen molar-refractivity contribution >= 4 is 5.91 Å². The third-order valence-corrected chi connectivity index (χ3v) is 4.21. The third-order valence-electron chi connectivity index (χ3n) is 4.21. The minimum absolute atomic E-state index is 0.221. The second kappa shape index (κ2) is 6.48. The van der Waals surface area contributed by atoms with Crippen LogP contribution in [0.1, 0.15) is 35.4 Å². The van der Waals surface area contributed by atoms with Crippen molar-refractivity contribution in [3.8, 4) is 5.69 Å². The van der Waals surface area contributed by atoms with Crippen LogP contribution in [0.4, 0.5) is 8.78 Å². The van der Waals surface area contributed by atoms with Gasteiger partial charge in [0.2, 0.25) is 0 Å². The van der Waals surface area contributed by atoms with E-state index >= 15 is 0 Å². The Morgan fingerprint density at radius 1 is 1.26 bits per heavy atom. The molecule has 1 amide bonds. The van der Waals surface area contributed by atoms with Crippen LogP contribution in [-0.4, -0.2) is 39.6 Å². The number of nitrogens with zero attached hydrogens (tertiary/aromatic N) is 3. The summed E-state index contributed by atoms with van der Waals surface area (Å²) < 4.78 is 28.0. The maximum atomic E-state index is 13.2. The number of likely N-dealkylation sites (tertiary alicyclic amines) is 1. The van der Waals surface area contributed by atoms with Gasteiger partial charge in [0.05, 0.1) is 11.7 Å². The summed E-state index contributed by atoms with van der Waals surface area (Å²) in [5.74, 6) is -0.409. The zero-order valence-electron chi connectivity index (χ0n) is 13.0. The van der Waals surface area contributed by atoms with E-state index in [0.717, 1.165) is 24.2 Å². The van der Waals surface area contributed by atoms with E-state index in [1.165, 1.54) is 4.90 Å². The highest BCUT2D eigenvalue weighted by atomic mass is 19.3. The van der Waals surface area contributed by atoms with Gasteiger partial charge in [-0.05, 0) is 44.4 Å². The SMILES string of the molecule is Cc1cc(C(=O)N2CCCCC2C(F)F)nn1-c1ccccc1. The van der Waals surface area contributed by atoms with Crippen LogP contribution in [0.15, 0.2) is 36.4 Å². The maximum Gasteiger partial charge on any atom is 0.274 e. The molecule has 1 aromatic heterocycles. The number of halogens is 2. The average molecular weight is 319 g/mol. The summed E-state index contributed by atoms with van der Waals surface area (Å²) in [6, 6.07) is 10.1. The Bertz CT molecular complexity index is 684. The molecule has 6 heteroatoms. The molecule has 1 unspecified atom stereocenters. The number of aromatic nitrogens is 2. The van der Waals surface area contributed by atoms with Gasteiger partial charge in [0.25, 0.3) is 12.3 Å². The van der Waals surface area contributed by atoms with Crippen molar-refractivity contribution in [2.45, 2.75) is 38.7 Å². The van der Waals surface area contributed by atoms with Crippen LogP contribution < -0.4 is 0 Å². The molecule has 2 heterocycles. The lowest BCUT2D eigenvalue weighted by Crippen LogP contribution is -2.47. The summed E-state index contributed by atoms with van der Waals surface area (Å²) in [5.41, 5.74) is 1.86. The van der Waals surface area contributed by atoms with Gasteiger partial charge in [0.15, 0.2) is 5.69 Å². The number of alkyl halides is 2. The second-order valence-corrected chi connectivity index (χ2v) is 5.81. The van der Waals surface area contributed by atoms with Crippen molar-refractivity contribution in [3.05, 3.63) is 47.8 Å². The molecule has 3 rings (SSSR count). The normalized spacial score (nSPS) is 18.4. The molecule has 4 nitrogen and oxygen atoms in total. The topological polar surface area (TPSA) is 38.1 Å². The van der Waals surface area contributed by atoms with Crippen LogP contribution in [0.5, 0.6) is 0 Å². The van der Waals surface area contributed by atoms with Gasteiger partial charge in [-0.3, -0.25) is 4.79 Å². The van der Waals surface area contributed by atoms with Crippen LogP contribution in [0.3, 0.4) is 0 Å². The number of para-hydroxylation sites is 1. The fourth-order valence-corrected chi connectivity index (χ4v) is 3.03. The molecule has 1 aliphatic heterocycles. The van der Waals surface area contributed by atoms with Gasteiger partial charge in [0, 0.05) is 12.2 Å². The maximum absolute atomic E-state index is 13.2. The number of hydrogen-bond donors (Lipinski definition) is 0. The first-order valence-electron chi connectivity index (χ1n) is 7.79. The molecule has 0 bridgehead atoms. The summed E-state index contributed by atoms with van der Waals surface area (Å²) in [6.07, 6.45) is -0.678. The molecule has 2 aromatic rings. The molecule has 0 radical (unpaired) electrons. The van der Waals surface area contributed by atoms with Gasteiger partial charge in [0.1, 0.15) is 0 Å². The standard InChI is InChI=1S/C17H19F2N3O/c1-12-11-14(20-22(12)13-7-3-2-4-8-13)17(23)21-10-6-5-9-15(21)16(18)19/h2-4,7-8,11,15-16H,5-6,9-10H2,1H3. The van der Waals surface area contributed by atoms with Crippen LogP contribution in [-0.2, 0) is 0 Å². The van der Waals surface area contributed by atoms with E-state index in [1.54, 1.807) is 10.7 Å². The van der Waals surface area contributed by atoms with Gasteiger partial charge in [-0.15, -0.1) is 0 Å². The van der Waals surface area contributed by atoms with Gasteiger partial charge < -0.3 is 4.90 Å². The Kier molecular flexibility index (Phi) is 4.41. The number of amides is 1. The third kappa shape index (κ3) is 3.11. The number of piperidine rings is 1. The highest BCUT2D eigenvalue weighted by Gasteiger charge is 2.34. The lowest BCUT2D eigenvalue weighted by molar-refractivity contribution is 0.00648. The molecule has 0 saturated carbocycles. The molecular weight excluding hydrogens is 300 g/mol. The van der Waals surface area contributed by atoms with Crippen molar-refractivity contribution in [2.24, 2.45) is 0 Å². The van der Waals surface area contributed by atoms with Gasteiger partial charge >= 0.3 is 0 Å². The molecule has 0 spiro atoms. The Morgan fingerprint density at radius 3 is 2.70 bits per heavy atom. The van der Waals surface area contributed by atoms with Crippen LogP contribution in [0.2, 0.25) is 0 Å². The number of aryl methyl sites for hydroxylation is 1.